The molecule has 7 heteroatoms. The molecule has 2 rings (SSSR count). The van der Waals surface area contributed by atoms with Crippen LogP contribution in [0.2, 0.25) is 0 Å². The van der Waals surface area contributed by atoms with Crippen molar-refractivity contribution in [1.82, 2.24) is 10.2 Å². The van der Waals surface area contributed by atoms with Gasteiger partial charge in [0.15, 0.2) is 5.84 Å². The highest BCUT2D eigenvalue weighted by molar-refractivity contribution is 9.10. The number of halogens is 1. The lowest BCUT2D eigenvalue weighted by Gasteiger charge is -2.40. The van der Waals surface area contributed by atoms with Gasteiger partial charge in [0.1, 0.15) is 5.54 Å². The summed E-state index contributed by atoms with van der Waals surface area (Å²) in [5.41, 5.74) is 5.58. The number of nitrogens with zero attached hydrogens (tertiary/aromatic N) is 2. The summed E-state index contributed by atoms with van der Waals surface area (Å²) in [4.78, 5) is 14.6. The van der Waals surface area contributed by atoms with Gasteiger partial charge in [-0.1, -0.05) is 17.3 Å². The molecule has 1 amide bonds. The van der Waals surface area contributed by atoms with E-state index in [1.54, 1.807) is 18.2 Å². The average molecular weight is 355 g/mol. The zero-order chi connectivity index (χ0) is 15.5. The van der Waals surface area contributed by atoms with Gasteiger partial charge in [0.25, 0.3) is 5.91 Å². The quantitative estimate of drug-likeness (QED) is 0.331. The van der Waals surface area contributed by atoms with Crippen LogP contribution in [0.1, 0.15) is 23.2 Å². The summed E-state index contributed by atoms with van der Waals surface area (Å²) < 4.78 is 0.713. The third-order valence-electron chi connectivity index (χ3n) is 3.91. The number of hydrogen-bond donors (Lipinski definition) is 3. The maximum atomic E-state index is 12.5. The predicted octanol–water partition coefficient (Wildman–Crippen LogP) is 1.39. The Morgan fingerprint density at radius 1 is 1.43 bits per heavy atom. The maximum absolute atomic E-state index is 12.5. The van der Waals surface area contributed by atoms with Crippen molar-refractivity contribution in [3.63, 3.8) is 0 Å². The summed E-state index contributed by atoms with van der Waals surface area (Å²) in [6, 6.07) is 7.17. The molecule has 1 saturated heterocycles. The first-order chi connectivity index (χ1) is 9.98. The van der Waals surface area contributed by atoms with Crippen LogP contribution in [0.3, 0.4) is 0 Å². The lowest BCUT2D eigenvalue weighted by molar-refractivity contribution is 0.0885. The van der Waals surface area contributed by atoms with E-state index in [1.165, 1.54) is 0 Å². The maximum Gasteiger partial charge on any atom is 0.253 e. The summed E-state index contributed by atoms with van der Waals surface area (Å²) in [5.74, 6) is -0.186. The number of rotatable bonds is 3. The number of benzene rings is 1. The summed E-state index contributed by atoms with van der Waals surface area (Å²) in [5, 5.41) is 15.1. The van der Waals surface area contributed by atoms with Gasteiger partial charge in [-0.15, -0.1) is 0 Å². The highest BCUT2D eigenvalue weighted by Crippen LogP contribution is 2.24. The molecular weight excluding hydrogens is 336 g/mol. The number of amidine groups is 1. The minimum absolute atomic E-state index is 0.0519. The monoisotopic (exact) mass is 354 g/mol. The van der Waals surface area contributed by atoms with Crippen LogP contribution in [-0.4, -0.2) is 47.5 Å². The van der Waals surface area contributed by atoms with Gasteiger partial charge >= 0.3 is 0 Å². The Labute approximate surface area is 132 Å². The molecule has 1 aromatic rings. The summed E-state index contributed by atoms with van der Waals surface area (Å²) in [6.45, 7) is 1.54. The lowest BCUT2D eigenvalue weighted by Crippen LogP contribution is -2.62. The predicted molar refractivity (Wildman–Crippen MR) is 84.5 cm³/mol. The van der Waals surface area contributed by atoms with Crippen LogP contribution >= 0.6 is 15.9 Å². The zero-order valence-corrected chi connectivity index (χ0v) is 13.4. The number of amides is 1. The van der Waals surface area contributed by atoms with E-state index in [1.807, 2.05) is 13.1 Å². The van der Waals surface area contributed by atoms with E-state index in [0.717, 1.165) is 13.1 Å². The van der Waals surface area contributed by atoms with Crippen LogP contribution in [0, 0.1) is 0 Å². The molecule has 21 heavy (non-hydrogen) atoms. The topological polar surface area (TPSA) is 91.0 Å². The molecule has 6 nitrogen and oxygen atoms in total. The van der Waals surface area contributed by atoms with Gasteiger partial charge in [0.2, 0.25) is 0 Å². The highest BCUT2D eigenvalue weighted by atomic mass is 79.9. The van der Waals surface area contributed by atoms with Crippen LogP contribution in [0.4, 0.5) is 0 Å². The Hall–Kier alpha value is -1.60. The first kappa shape index (κ1) is 15.8. The van der Waals surface area contributed by atoms with Gasteiger partial charge < -0.3 is 21.2 Å². The van der Waals surface area contributed by atoms with Crippen LogP contribution in [0.25, 0.3) is 0 Å². The van der Waals surface area contributed by atoms with Crippen LogP contribution in [-0.2, 0) is 0 Å². The Morgan fingerprint density at radius 2 is 2.05 bits per heavy atom. The van der Waals surface area contributed by atoms with E-state index in [0.29, 0.717) is 22.9 Å². The van der Waals surface area contributed by atoms with E-state index in [-0.39, 0.29) is 11.7 Å². The Bertz CT molecular complexity index is 554. The SMILES string of the molecule is CN1CCC(NC(=O)c2ccccc2Br)(/C(N)=N/O)CC1. The molecule has 0 aromatic heterocycles. The second-order valence-electron chi connectivity index (χ2n) is 5.30. The number of hydrogen-bond acceptors (Lipinski definition) is 4. The number of piperidine rings is 1. The normalized spacial score (nSPS) is 19.2. The Kier molecular flexibility index (Phi) is 4.84. The fourth-order valence-corrected chi connectivity index (χ4v) is 2.94. The van der Waals surface area contributed by atoms with Crippen molar-refractivity contribution in [1.29, 1.82) is 0 Å². The van der Waals surface area contributed by atoms with Crippen molar-refractivity contribution in [2.24, 2.45) is 10.9 Å². The van der Waals surface area contributed by atoms with Gasteiger partial charge in [0, 0.05) is 17.6 Å². The summed E-state index contributed by atoms with van der Waals surface area (Å²) in [6.07, 6.45) is 1.21. The molecule has 0 aliphatic carbocycles. The van der Waals surface area contributed by atoms with Crippen molar-refractivity contribution >= 4 is 27.7 Å². The van der Waals surface area contributed by atoms with E-state index >= 15 is 0 Å². The molecule has 0 radical (unpaired) electrons. The van der Waals surface area contributed by atoms with Gasteiger partial charge in [-0.3, -0.25) is 4.79 Å². The van der Waals surface area contributed by atoms with Crippen molar-refractivity contribution in [3.8, 4) is 0 Å². The van der Waals surface area contributed by atoms with Crippen molar-refractivity contribution in [2.75, 3.05) is 20.1 Å². The first-order valence-electron chi connectivity index (χ1n) is 6.72. The first-order valence-corrected chi connectivity index (χ1v) is 7.51. The van der Waals surface area contributed by atoms with Crippen LogP contribution in [0.5, 0.6) is 0 Å². The van der Waals surface area contributed by atoms with Crippen molar-refractivity contribution in [3.05, 3.63) is 34.3 Å². The second-order valence-corrected chi connectivity index (χ2v) is 6.16. The summed E-state index contributed by atoms with van der Waals surface area (Å²) in [7, 11) is 2.01. The fourth-order valence-electron chi connectivity index (χ4n) is 2.47. The molecule has 1 aromatic carbocycles. The van der Waals surface area contributed by atoms with Gasteiger partial charge in [-0.25, -0.2) is 0 Å². The Balaban J connectivity index is 2.24. The summed E-state index contributed by atoms with van der Waals surface area (Å²) >= 11 is 3.36. The third-order valence-corrected chi connectivity index (χ3v) is 4.60. The molecule has 0 unspecified atom stereocenters. The minimum Gasteiger partial charge on any atom is -0.409 e. The number of oxime groups is 1. The van der Waals surface area contributed by atoms with Crippen LogP contribution in [0.15, 0.2) is 33.9 Å². The average Bonchev–Trinajstić information content (AvgIpc) is 2.49. The van der Waals surface area contributed by atoms with Crippen LogP contribution < -0.4 is 11.1 Å². The molecule has 0 spiro atoms. The standard InChI is InChI=1S/C14H19BrN4O2/c1-19-8-6-14(7-9-19,13(16)18-21)17-12(20)10-4-2-3-5-11(10)15/h2-5,21H,6-9H2,1H3,(H2,16,18)(H,17,20). The molecule has 1 heterocycles. The molecule has 1 aliphatic rings. The van der Waals surface area contributed by atoms with E-state index in [2.05, 4.69) is 31.3 Å². The molecule has 4 N–H and O–H groups in total. The molecule has 0 atom stereocenters. The fraction of sp³-hybridized carbons (Fsp3) is 0.429. The van der Waals surface area contributed by atoms with Gasteiger partial charge in [-0.2, -0.15) is 0 Å². The van der Waals surface area contributed by atoms with E-state index in [4.69, 9.17) is 10.9 Å². The van der Waals surface area contributed by atoms with E-state index in [9.17, 15) is 4.79 Å². The van der Waals surface area contributed by atoms with Gasteiger partial charge in [-0.05, 0) is 48.0 Å². The molecule has 0 saturated carbocycles. The zero-order valence-electron chi connectivity index (χ0n) is 11.8. The minimum atomic E-state index is -0.798. The van der Waals surface area contributed by atoms with Crippen molar-refractivity contribution < 1.29 is 10.0 Å². The number of nitrogens with two attached hydrogens (primary N) is 1. The van der Waals surface area contributed by atoms with E-state index < -0.39 is 5.54 Å². The number of likely N-dealkylation sites (tertiary alicyclic amines) is 1. The molecule has 1 fully saturated rings. The largest absolute Gasteiger partial charge is 0.409 e. The molecular formula is C14H19BrN4O2. The number of carbonyl (C=O) groups excluding carboxylic acids is 1. The molecule has 1 aliphatic heterocycles. The molecule has 114 valence electrons. The smallest absolute Gasteiger partial charge is 0.253 e. The second kappa shape index (κ2) is 6.44. The number of carbonyl (C=O) groups is 1. The lowest BCUT2D eigenvalue weighted by atomic mass is 9.86. The Morgan fingerprint density at radius 3 is 2.62 bits per heavy atom. The molecule has 0 bridgehead atoms. The van der Waals surface area contributed by atoms with Crippen molar-refractivity contribution in [2.45, 2.75) is 18.4 Å². The third kappa shape index (κ3) is 3.36. The highest BCUT2D eigenvalue weighted by Gasteiger charge is 2.39. The number of nitrogens with one attached hydrogen (secondary N) is 1. The van der Waals surface area contributed by atoms with Gasteiger partial charge in [0.05, 0.1) is 5.56 Å².